The third-order valence-corrected chi connectivity index (χ3v) is 5.99. The number of allylic oxidation sites excluding steroid dienone is 2. The van der Waals surface area contributed by atoms with Crippen LogP contribution in [-0.2, 0) is 4.74 Å². The number of fused-ring (bicyclic) bond motifs is 1. The van der Waals surface area contributed by atoms with Crippen LogP contribution in [0.1, 0.15) is 17.7 Å². The summed E-state index contributed by atoms with van der Waals surface area (Å²) >= 11 is 1.41. The number of nitriles is 3. The van der Waals surface area contributed by atoms with Crippen LogP contribution in [0.25, 0.3) is 0 Å². The molecule has 0 radical (unpaired) electrons. The third kappa shape index (κ3) is 2.73. The minimum absolute atomic E-state index is 0.0158. The van der Waals surface area contributed by atoms with Crippen molar-refractivity contribution < 1.29 is 9.53 Å². The average Bonchev–Trinajstić information content (AvgIpc) is 3.21. The van der Waals surface area contributed by atoms with Crippen molar-refractivity contribution in [1.29, 1.82) is 15.8 Å². The topological polar surface area (TPSA) is 127 Å². The molecule has 2 atom stereocenters. The number of amides is 1. The van der Waals surface area contributed by atoms with Crippen molar-refractivity contribution in [2.75, 3.05) is 19.7 Å². The number of hydrogen-bond donors (Lipinski definition) is 1. The molecule has 0 saturated carbocycles. The Morgan fingerprint density at radius 3 is 2.74 bits per heavy atom. The molecule has 2 aliphatic rings. The Labute approximate surface area is 161 Å². The zero-order chi connectivity index (χ0) is 19.6. The second-order valence-electron chi connectivity index (χ2n) is 6.30. The van der Waals surface area contributed by atoms with E-state index in [1.54, 1.807) is 13.0 Å². The molecule has 3 rings (SSSR count). The van der Waals surface area contributed by atoms with Crippen LogP contribution in [0.3, 0.4) is 0 Å². The smallest absolute Gasteiger partial charge is 0.410 e. The molecule has 136 valence electrons. The summed E-state index contributed by atoms with van der Waals surface area (Å²) in [6.07, 6.45) is 1.34. The second kappa shape index (κ2) is 7.15. The van der Waals surface area contributed by atoms with E-state index in [0.717, 1.165) is 4.88 Å². The van der Waals surface area contributed by atoms with Gasteiger partial charge in [-0.2, -0.15) is 15.8 Å². The zero-order valence-corrected chi connectivity index (χ0v) is 15.5. The first-order valence-corrected chi connectivity index (χ1v) is 9.30. The minimum Gasteiger partial charge on any atom is -0.450 e. The van der Waals surface area contributed by atoms with Gasteiger partial charge >= 0.3 is 6.09 Å². The fourth-order valence-electron chi connectivity index (χ4n) is 3.85. The molecule has 2 N–H and O–H groups in total. The first kappa shape index (κ1) is 18.5. The van der Waals surface area contributed by atoms with Crippen LogP contribution in [0.15, 0.2) is 40.4 Å². The Hall–Kier alpha value is -3.28. The van der Waals surface area contributed by atoms with Gasteiger partial charge in [0.2, 0.25) is 0 Å². The quantitative estimate of drug-likeness (QED) is 0.841. The number of hydrogen-bond acceptors (Lipinski definition) is 7. The highest BCUT2D eigenvalue weighted by molar-refractivity contribution is 7.10. The third-order valence-electron chi connectivity index (χ3n) is 5.03. The molecule has 7 nitrogen and oxygen atoms in total. The zero-order valence-electron chi connectivity index (χ0n) is 14.7. The molecule has 27 heavy (non-hydrogen) atoms. The van der Waals surface area contributed by atoms with E-state index < -0.39 is 17.4 Å². The predicted molar refractivity (Wildman–Crippen MR) is 97.7 cm³/mol. The van der Waals surface area contributed by atoms with Gasteiger partial charge in [0, 0.05) is 29.8 Å². The summed E-state index contributed by atoms with van der Waals surface area (Å²) < 4.78 is 5.10. The van der Waals surface area contributed by atoms with Gasteiger partial charge in [0.05, 0.1) is 36.1 Å². The standard InChI is InChI=1S/C19H17N5O2S/c1-2-26-18(25)24-6-5-12-13(9-24)16(15-4-3-7-27-15)19(10-21,11-22)14(8-20)17(12)23/h3-5,7,13,16H,2,6,9,23H2,1H3/t13-,16+/m0/s1. The fraction of sp³-hybridized carbons (Fsp3) is 0.368. The van der Waals surface area contributed by atoms with Crippen molar-refractivity contribution in [2.45, 2.75) is 12.8 Å². The maximum Gasteiger partial charge on any atom is 0.410 e. The lowest BCUT2D eigenvalue weighted by Gasteiger charge is -2.44. The molecule has 1 aliphatic carbocycles. The van der Waals surface area contributed by atoms with Crippen LogP contribution in [0.2, 0.25) is 0 Å². The normalized spacial score (nSPS) is 23.3. The Bertz CT molecular complexity index is 928. The molecule has 0 saturated heterocycles. The number of carbonyl (C=O) groups excluding carboxylic acids is 1. The van der Waals surface area contributed by atoms with Crippen molar-refractivity contribution in [3.8, 4) is 18.2 Å². The van der Waals surface area contributed by atoms with E-state index in [4.69, 9.17) is 10.5 Å². The first-order valence-electron chi connectivity index (χ1n) is 8.42. The first-order chi connectivity index (χ1) is 13.0. The van der Waals surface area contributed by atoms with E-state index in [9.17, 15) is 20.6 Å². The largest absolute Gasteiger partial charge is 0.450 e. The summed E-state index contributed by atoms with van der Waals surface area (Å²) in [5.74, 6) is -0.976. The van der Waals surface area contributed by atoms with Crippen molar-refractivity contribution in [2.24, 2.45) is 17.1 Å². The highest BCUT2D eigenvalue weighted by Crippen LogP contribution is 2.55. The van der Waals surface area contributed by atoms with Crippen LogP contribution in [-0.4, -0.2) is 30.7 Å². The molecule has 1 aromatic heterocycles. The summed E-state index contributed by atoms with van der Waals surface area (Å²) in [7, 11) is 0. The Kier molecular flexibility index (Phi) is 4.90. The van der Waals surface area contributed by atoms with Gasteiger partial charge < -0.3 is 15.4 Å². The molecule has 1 aromatic rings. The van der Waals surface area contributed by atoms with Gasteiger partial charge in [0.1, 0.15) is 0 Å². The lowest BCUT2D eigenvalue weighted by molar-refractivity contribution is 0.100. The van der Waals surface area contributed by atoms with Gasteiger partial charge in [-0.1, -0.05) is 12.1 Å². The van der Waals surface area contributed by atoms with Crippen LogP contribution in [0, 0.1) is 45.3 Å². The Morgan fingerprint density at radius 2 is 2.19 bits per heavy atom. The van der Waals surface area contributed by atoms with Crippen molar-refractivity contribution in [1.82, 2.24) is 4.90 Å². The summed E-state index contributed by atoms with van der Waals surface area (Å²) in [6, 6.07) is 9.80. The molecule has 0 fully saturated rings. The van der Waals surface area contributed by atoms with Gasteiger partial charge in [-0.25, -0.2) is 4.79 Å². The lowest BCUT2D eigenvalue weighted by Crippen LogP contribution is -2.48. The highest BCUT2D eigenvalue weighted by atomic mass is 32.1. The monoisotopic (exact) mass is 379 g/mol. The fourth-order valence-corrected chi connectivity index (χ4v) is 4.81. The number of rotatable bonds is 2. The Balaban J connectivity index is 2.20. The summed E-state index contributed by atoms with van der Waals surface area (Å²) in [5, 5.41) is 31.4. The van der Waals surface area contributed by atoms with Crippen molar-refractivity contribution >= 4 is 17.4 Å². The van der Waals surface area contributed by atoms with Gasteiger partial charge in [0.15, 0.2) is 5.41 Å². The number of nitrogens with zero attached hydrogens (tertiary/aromatic N) is 4. The van der Waals surface area contributed by atoms with Gasteiger partial charge in [-0.05, 0) is 23.9 Å². The van der Waals surface area contributed by atoms with Gasteiger partial charge in [-0.3, -0.25) is 0 Å². The van der Waals surface area contributed by atoms with E-state index >= 15 is 0 Å². The molecule has 0 bridgehead atoms. The predicted octanol–water partition coefficient (Wildman–Crippen LogP) is 2.63. The molecular weight excluding hydrogens is 362 g/mol. The van der Waals surface area contributed by atoms with Crippen molar-refractivity contribution in [3.05, 3.63) is 45.3 Å². The number of thiophene rings is 1. The second-order valence-corrected chi connectivity index (χ2v) is 7.27. The number of nitrogens with two attached hydrogens (primary N) is 1. The summed E-state index contributed by atoms with van der Waals surface area (Å²) in [5.41, 5.74) is 5.38. The molecule has 1 amide bonds. The Morgan fingerprint density at radius 1 is 1.44 bits per heavy atom. The van der Waals surface area contributed by atoms with Gasteiger partial charge in [0.25, 0.3) is 0 Å². The maximum absolute atomic E-state index is 12.2. The van der Waals surface area contributed by atoms with E-state index in [1.807, 2.05) is 23.6 Å². The van der Waals surface area contributed by atoms with E-state index in [-0.39, 0.29) is 30.3 Å². The summed E-state index contributed by atoms with van der Waals surface area (Å²) in [6.45, 7) is 2.55. The summed E-state index contributed by atoms with van der Waals surface area (Å²) in [4.78, 5) is 14.6. The highest BCUT2D eigenvalue weighted by Gasteiger charge is 2.55. The minimum atomic E-state index is -1.70. The van der Waals surface area contributed by atoms with E-state index in [1.165, 1.54) is 16.2 Å². The van der Waals surface area contributed by atoms with Crippen LogP contribution in [0.4, 0.5) is 4.79 Å². The van der Waals surface area contributed by atoms with E-state index in [0.29, 0.717) is 12.1 Å². The van der Waals surface area contributed by atoms with Crippen LogP contribution < -0.4 is 5.73 Å². The number of carbonyl (C=O) groups is 1. The molecule has 1 aliphatic heterocycles. The van der Waals surface area contributed by atoms with Crippen molar-refractivity contribution in [3.63, 3.8) is 0 Å². The van der Waals surface area contributed by atoms with Crippen LogP contribution in [0.5, 0.6) is 0 Å². The molecule has 0 unspecified atom stereocenters. The van der Waals surface area contributed by atoms with Gasteiger partial charge in [-0.15, -0.1) is 11.3 Å². The maximum atomic E-state index is 12.2. The molecule has 2 heterocycles. The molecular formula is C19H17N5O2S. The molecule has 8 heteroatoms. The average molecular weight is 379 g/mol. The SMILES string of the molecule is CCOC(=O)N1CC=C2C(N)=C(C#N)C(C#N)(C#N)[C@@H](c3cccs3)[C@H]2C1. The van der Waals surface area contributed by atoms with E-state index in [2.05, 4.69) is 12.1 Å². The number of ether oxygens (including phenoxy) is 1. The molecule has 0 spiro atoms. The molecule has 0 aromatic carbocycles. The van der Waals surface area contributed by atoms with Crippen LogP contribution >= 0.6 is 11.3 Å². The lowest BCUT2D eigenvalue weighted by atomic mass is 9.59.